The van der Waals surface area contributed by atoms with Crippen molar-refractivity contribution in [1.82, 2.24) is 0 Å². The van der Waals surface area contributed by atoms with Crippen LogP contribution in [0.5, 0.6) is 0 Å². The zero-order chi connectivity index (χ0) is 12.4. The van der Waals surface area contributed by atoms with E-state index in [1.54, 1.807) is 0 Å². The fraction of sp³-hybridized carbons (Fsp3) is 1.00. The van der Waals surface area contributed by atoms with Gasteiger partial charge in [0.05, 0.1) is 0 Å². The average molecular weight is 305 g/mol. The molecule has 0 aliphatic heterocycles. The van der Waals surface area contributed by atoms with Crippen molar-refractivity contribution in [2.45, 2.75) is 23.3 Å². The van der Waals surface area contributed by atoms with E-state index in [-0.39, 0.29) is 28.8 Å². The van der Waals surface area contributed by atoms with Gasteiger partial charge in [0.15, 0.2) is 13.2 Å². The lowest BCUT2D eigenvalue weighted by Crippen LogP contribution is -2.16. The molecule has 0 aromatic rings. The number of nitrogens with zero attached hydrogens (tertiary/aromatic N) is 1. The van der Waals surface area contributed by atoms with Gasteiger partial charge in [0.25, 0.3) is 0 Å². The van der Waals surface area contributed by atoms with Crippen molar-refractivity contribution in [3.63, 3.8) is 0 Å². The van der Waals surface area contributed by atoms with Crippen molar-refractivity contribution in [1.29, 1.82) is 0 Å². The van der Waals surface area contributed by atoms with Crippen molar-refractivity contribution >= 4 is 50.5 Å². The van der Waals surface area contributed by atoms with E-state index in [1.807, 2.05) is 0 Å². The molecule has 0 rings (SSSR count). The lowest BCUT2D eigenvalue weighted by molar-refractivity contribution is -0.981. The molecule has 16 heavy (non-hydrogen) atoms. The van der Waals surface area contributed by atoms with Gasteiger partial charge in [-0.15, -0.1) is 0 Å². The molecule has 0 spiro atoms. The van der Waals surface area contributed by atoms with E-state index >= 15 is 0 Å². The van der Waals surface area contributed by atoms with Crippen LogP contribution < -0.4 is 0 Å². The quantitative estimate of drug-likeness (QED) is 0.368. The zero-order valence-electron chi connectivity index (χ0n) is 8.86. The Labute approximate surface area is 118 Å². The second kappa shape index (κ2) is 10.7. The molecule has 0 heterocycles. The lowest BCUT2D eigenvalue weighted by Gasteiger charge is -2.03. The van der Waals surface area contributed by atoms with Gasteiger partial charge >= 0.3 is 5.09 Å². The molecule has 0 aromatic heterocycles. The Bertz CT molecular complexity index is 178. The highest BCUT2D eigenvalue weighted by atomic mass is 32.1. The van der Waals surface area contributed by atoms with E-state index < -0.39 is 0 Å². The van der Waals surface area contributed by atoms with Gasteiger partial charge in [0.2, 0.25) is 0 Å². The molecule has 0 aromatic carbocycles. The largest absolute Gasteiger partial charge is 0.477 e. The molecule has 0 radical (unpaired) electrons. The minimum Gasteiger partial charge on any atom is -0.186 e. The Morgan fingerprint density at radius 3 is 1.62 bits per heavy atom. The van der Waals surface area contributed by atoms with Crippen LogP contribution in [0.2, 0.25) is 0 Å². The van der Waals surface area contributed by atoms with Gasteiger partial charge < -0.3 is 0 Å². The summed E-state index contributed by atoms with van der Waals surface area (Å²) in [5, 5.41) is 0.392. The van der Waals surface area contributed by atoms with Crippen LogP contribution in [0.1, 0.15) is 12.8 Å². The Morgan fingerprint density at radius 1 is 0.938 bits per heavy atom. The highest BCUT2D eigenvalue weighted by Gasteiger charge is 2.14. The summed E-state index contributed by atoms with van der Waals surface area (Å²) in [7, 11) is 0. The normalized spacial score (nSPS) is 14.2. The fourth-order valence-corrected chi connectivity index (χ4v) is 1.32. The second-order valence-electron chi connectivity index (χ2n) is 3.14. The van der Waals surface area contributed by atoms with Crippen LogP contribution in [-0.4, -0.2) is 40.3 Å². The Morgan fingerprint density at radius 2 is 1.31 bits per heavy atom. The molecular formula is C8H18NO3S4+. The summed E-state index contributed by atoms with van der Waals surface area (Å²) in [6, 6.07) is 0. The Kier molecular flexibility index (Phi) is 11.1. The number of hydrogen-bond acceptors (Lipinski definition) is 7. The van der Waals surface area contributed by atoms with E-state index in [1.165, 1.54) is 0 Å². The topological polar surface area (TPSA) is 38.5 Å². The summed E-state index contributed by atoms with van der Waals surface area (Å²) in [5.41, 5.74) is 0. The molecule has 0 fully saturated rings. The first-order valence-corrected chi connectivity index (χ1v) is 7.20. The van der Waals surface area contributed by atoms with E-state index in [0.717, 1.165) is 0 Å². The first kappa shape index (κ1) is 16.6. The third kappa shape index (κ3) is 9.80. The molecule has 2 atom stereocenters. The Hall–Kier alpha value is 0.600. The predicted molar refractivity (Wildman–Crippen MR) is 78.0 cm³/mol. The molecular weight excluding hydrogens is 286 g/mol. The van der Waals surface area contributed by atoms with Crippen LogP contribution in [0, 0.1) is 4.91 Å². The number of rotatable bonds is 10. The van der Waals surface area contributed by atoms with Gasteiger partial charge in [0.1, 0.15) is 4.91 Å². The van der Waals surface area contributed by atoms with Crippen LogP contribution in [-0.2, 0) is 9.68 Å². The van der Waals surface area contributed by atoms with Crippen molar-refractivity contribution in [2.75, 3.05) is 24.7 Å². The monoisotopic (exact) mass is 304 g/mol. The summed E-state index contributed by atoms with van der Waals surface area (Å²) in [6.45, 7) is 0.546. The summed E-state index contributed by atoms with van der Waals surface area (Å²) in [5.74, 6) is 1.30. The molecule has 0 saturated heterocycles. The standard InChI is InChI=1S/C8H17NO3S4/c10-9(11-3-1-7(15)5-13)12-4-2-8(16)6-14/h7-8H,1-6H2,(H3-,13,14,15,16)/p+1. The fourth-order valence-electron chi connectivity index (χ4n) is 0.746. The van der Waals surface area contributed by atoms with E-state index in [2.05, 4.69) is 50.5 Å². The third-order valence-electron chi connectivity index (χ3n) is 1.72. The van der Waals surface area contributed by atoms with Crippen molar-refractivity contribution in [3.05, 3.63) is 4.91 Å². The SMILES string of the molecule is O=[N+](OCCC(S)CS)OCCC(S)CS. The Balaban J connectivity index is 3.38. The van der Waals surface area contributed by atoms with E-state index in [4.69, 9.17) is 9.68 Å². The molecule has 0 amide bonds. The minimum atomic E-state index is 0.128. The van der Waals surface area contributed by atoms with Gasteiger partial charge in [-0.25, -0.2) is 0 Å². The maximum absolute atomic E-state index is 11.0. The second-order valence-corrected chi connectivity index (χ2v) is 5.33. The first-order chi connectivity index (χ1) is 7.60. The molecule has 0 saturated carbocycles. The smallest absolute Gasteiger partial charge is 0.186 e. The summed E-state index contributed by atoms with van der Waals surface area (Å²) in [4.78, 5) is 20.5. The lowest BCUT2D eigenvalue weighted by atomic mass is 10.3. The molecule has 0 bridgehead atoms. The highest BCUT2D eigenvalue weighted by Crippen LogP contribution is 2.05. The van der Waals surface area contributed by atoms with E-state index in [9.17, 15) is 4.91 Å². The summed E-state index contributed by atoms with van der Waals surface area (Å²) in [6.07, 6.45) is 1.31. The van der Waals surface area contributed by atoms with Crippen LogP contribution in [0.15, 0.2) is 0 Å². The zero-order valence-corrected chi connectivity index (χ0v) is 12.4. The van der Waals surface area contributed by atoms with Crippen LogP contribution >= 0.6 is 50.5 Å². The third-order valence-corrected chi connectivity index (χ3v) is 4.06. The number of thiol groups is 4. The maximum atomic E-state index is 11.0. The molecule has 4 nitrogen and oxygen atoms in total. The summed E-state index contributed by atoms with van der Waals surface area (Å²) >= 11 is 16.5. The molecule has 0 N–H and O–H groups in total. The molecule has 2 unspecified atom stereocenters. The highest BCUT2D eigenvalue weighted by molar-refractivity contribution is 7.85. The van der Waals surface area contributed by atoms with Crippen LogP contribution in [0.25, 0.3) is 0 Å². The average Bonchev–Trinajstić information content (AvgIpc) is 2.28. The van der Waals surface area contributed by atoms with Crippen LogP contribution in [0.3, 0.4) is 0 Å². The molecule has 8 heteroatoms. The predicted octanol–water partition coefficient (Wildman–Crippen LogP) is 1.87. The van der Waals surface area contributed by atoms with Gasteiger partial charge in [0, 0.05) is 34.8 Å². The van der Waals surface area contributed by atoms with Crippen LogP contribution in [0.4, 0.5) is 0 Å². The van der Waals surface area contributed by atoms with Crippen molar-refractivity contribution in [2.24, 2.45) is 0 Å². The number of hydrogen-bond donors (Lipinski definition) is 4. The van der Waals surface area contributed by atoms with Gasteiger partial charge in [-0.1, -0.05) is 0 Å². The maximum Gasteiger partial charge on any atom is 0.477 e. The molecule has 96 valence electrons. The first-order valence-electron chi connectivity index (χ1n) is 4.91. The van der Waals surface area contributed by atoms with E-state index in [0.29, 0.717) is 24.3 Å². The van der Waals surface area contributed by atoms with Gasteiger partial charge in [-0.05, 0) is 0 Å². The summed E-state index contributed by atoms with van der Waals surface area (Å²) < 4.78 is 0. The van der Waals surface area contributed by atoms with Gasteiger partial charge in [-0.3, -0.25) is 0 Å². The van der Waals surface area contributed by atoms with Crippen molar-refractivity contribution < 1.29 is 14.8 Å². The molecule has 0 aliphatic rings. The van der Waals surface area contributed by atoms with Gasteiger partial charge in [-0.2, -0.15) is 60.2 Å². The minimum absolute atomic E-state index is 0.128. The van der Waals surface area contributed by atoms with Crippen molar-refractivity contribution in [3.8, 4) is 0 Å². The molecule has 0 aliphatic carbocycles.